The number of aryl methyl sites for hydroxylation is 2. The van der Waals surface area contributed by atoms with Crippen molar-refractivity contribution < 1.29 is 4.79 Å². The quantitative estimate of drug-likeness (QED) is 0.452. The summed E-state index contributed by atoms with van der Waals surface area (Å²) < 4.78 is 1.15. The van der Waals surface area contributed by atoms with Gasteiger partial charge in [-0.05, 0) is 63.4 Å². The molecule has 0 radical (unpaired) electrons. The summed E-state index contributed by atoms with van der Waals surface area (Å²) >= 11 is 3.88. The fourth-order valence-electron chi connectivity index (χ4n) is 3.03. The summed E-state index contributed by atoms with van der Waals surface area (Å²) in [6, 6.07) is 12.4. The van der Waals surface area contributed by atoms with Gasteiger partial charge in [0.05, 0.1) is 2.88 Å². The number of rotatable bonds is 2. The zero-order valence-corrected chi connectivity index (χ0v) is 13.6. The number of halogens is 1. The van der Waals surface area contributed by atoms with Gasteiger partial charge in [0.2, 0.25) is 0 Å². The molecule has 0 aliphatic heterocycles. The second kappa shape index (κ2) is 4.67. The molecule has 1 aliphatic rings. The first kappa shape index (κ1) is 12.5. The molecule has 98 valence electrons. The molecule has 0 fully saturated rings. The molecule has 1 aliphatic carbocycles. The van der Waals surface area contributed by atoms with Crippen LogP contribution in [0.15, 0.2) is 41.8 Å². The maximum Gasteiger partial charge on any atom is 0.194 e. The van der Waals surface area contributed by atoms with Crippen LogP contribution in [-0.4, -0.2) is 5.78 Å². The number of carbonyl (C=O) groups excluding carboxylic acids is 1. The SMILES string of the molecule is O=C(c1csc(I)c1)c1ccc2c3c(cccc13)CC2. The highest BCUT2D eigenvalue weighted by Gasteiger charge is 2.19. The molecule has 2 aromatic carbocycles. The van der Waals surface area contributed by atoms with E-state index in [0.717, 1.165) is 32.2 Å². The van der Waals surface area contributed by atoms with Crippen LogP contribution in [0.5, 0.6) is 0 Å². The number of hydrogen-bond acceptors (Lipinski definition) is 2. The van der Waals surface area contributed by atoms with Gasteiger partial charge in [0.1, 0.15) is 0 Å². The minimum absolute atomic E-state index is 0.139. The van der Waals surface area contributed by atoms with Crippen LogP contribution in [0.25, 0.3) is 10.8 Å². The van der Waals surface area contributed by atoms with Gasteiger partial charge in [-0.1, -0.05) is 30.3 Å². The van der Waals surface area contributed by atoms with Crippen molar-refractivity contribution in [2.45, 2.75) is 12.8 Å². The Morgan fingerprint density at radius 2 is 1.90 bits per heavy atom. The van der Waals surface area contributed by atoms with E-state index in [1.807, 2.05) is 17.5 Å². The number of benzene rings is 2. The largest absolute Gasteiger partial charge is 0.289 e. The van der Waals surface area contributed by atoms with Gasteiger partial charge in [-0.2, -0.15) is 0 Å². The molecule has 3 heteroatoms. The van der Waals surface area contributed by atoms with Crippen LogP contribution in [0.1, 0.15) is 27.0 Å². The Morgan fingerprint density at radius 1 is 1.10 bits per heavy atom. The predicted molar refractivity (Wildman–Crippen MR) is 91.8 cm³/mol. The van der Waals surface area contributed by atoms with Crippen LogP contribution in [-0.2, 0) is 12.8 Å². The molecule has 1 heterocycles. The zero-order chi connectivity index (χ0) is 13.7. The maximum atomic E-state index is 12.7. The molecule has 4 rings (SSSR count). The van der Waals surface area contributed by atoms with E-state index in [-0.39, 0.29) is 5.78 Å². The predicted octanol–water partition coefficient (Wildman–Crippen LogP) is 4.84. The van der Waals surface area contributed by atoms with Gasteiger partial charge >= 0.3 is 0 Å². The van der Waals surface area contributed by atoms with Crippen molar-refractivity contribution in [3.63, 3.8) is 0 Å². The molecule has 3 aromatic rings. The second-order valence-corrected chi connectivity index (χ2v) is 7.89. The topological polar surface area (TPSA) is 17.1 Å². The Labute approximate surface area is 134 Å². The van der Waals surface area contributed by atoms with Crippen molar-refractivity contribution in [1.29, 1.82) is 0 Å². The Morgan fingerprint density at radius 3 is 2.65 bits per heavy atom. The third-order valence-electron chi connectivity index (χ3n) is 3.95. The van der Waals surface area contributed by atoms with E-state index in [2.05, 4.69) is 46.9 Å². The van der Waals surface area contributed by atoms with Crippen molar-refractivity contribution in [2.24, 2.45) is 0 Å². The zero-order valence-electron chi connectivity index (χ0n) is 10.7. The normalized spacial score (nSPS) is 13.1. The van der Waals surface area contributed by atoms with Crippen LogP contribution in [0.4, 0.5) is 0 Å². The summed E-state index contributed by atoms with van der Waals surface area (Å²) in [5.74, 6) is 0.139. The first-order valence-corrected chi connectivity index (χ1v) is 8.52. The molecular weight excluding hydrogens is 379 g/mol. The van der Waals surface area contributed by atoms with Crippen molar-refractivity contribution in [3.05, 3.63) is 66.9 Å². The number of hydrogen-bond donors (Lipinski definition) is 0. The minimum atomic E-state index is 0.139. The third-order valence-corrected chi connectivity index (χ3v) is 5.74. The first-order valence-electron chi connectivity index (χ1n) is 6.56. The molecule has 0 unspecified atom stereocenters. The summed E-state index contributed by atoms with van der Waals surface area (Å²) in [5.41, 5.74) is 4.40. The van der Waals surface area contributed by atoms with Gasteiger partial charge in [0, 0.05) is 16.5 Å². The third kappa shape index (κ3) is 1.84. The Balaban J connectivity index is 1.95. The van der Waals surface area contributed by atoms with Gasteiger partial charge in [0.15, 0.2) is 5.78 Å². The molecule has 20 heavy (non-hydrogen) atoms. The highest BCUT2D eigenvalue weighted by Crippen LogP contribution is 2.34. The van der Waals surface area contributed by atoms with Crippen LogP contribution in [0, 0.1) is 2.88 Å². The van der Waals surface area contributed by atoms with E-state index >= 15 is 0 Å². The van der Waals surface area contributed by atoms with Gasteiger partial charge in [0.25, 0.3) is 0 Å². The lowest BCUT2D eigenvalue weighted by Gasteiger charge is -2.07. The lowest BCUT2D eigenvalue weighted by molar-refractivity contribution is 0.104. The standard InChI is InChI=1S/C17H11IOS/c18-15-8-12(9-20-15)17(19)14-7-6-11-5-4-10-2-1-3-13(14)16(10)11/h1-3,6-9H,4-5H2. The van der Waals surface area contributed by atoms with E-state index in [1.54, 1.807) is 11.3 Å². The van der Waals surface area contributed by atoms with E-state index in [0.29, 0.717) is 0 Å². The van der Waals surface area contributed by atoms with E-state index in [9.17, 15) is 4.79 Å². The average molecular weight is 390 g/mol. The molecule has 0 N–H and O–H groups in total. The number of ketones is 1. The van der Waals surface area contributed by atoms with Crippen LogP contribution < -0.4 is 0 Å². The van der Waals surface area contributed by atoms with Crippen molar-refractivity contribution >= 4 is 50.5 Å². The summed E-state index contributed by atoms with van der Waals surface area (Å²) in [4.78, 5) is 12.7. The fraction of sp³-hybridized carbons (Fsp3) is 0.118. The maximum absolute atomic E-state index is 12.7. The van der Waals surface area contributed by atoms with Gasteiger partial charge in [-0.3, -0.25) is 4.79 Å². The monoisotopic (exact) mass is 390 g/mol. The van der Waals surface area contributed by atoms with Crippen LogP contribution in [0.2, 0.25) is 0 Å². The van der Waals surface area contributed by atoms with E-state index in [1.165, 1.54) is 16.5 Å². The second-order valence-electron chi connectivity index (χ2n) is 5.08. The Bertz CT molecular complexity index is 837. The molecule has 0 bridgehead atoms. The minimum Gasteiger partial charge on any atom is -0.289 e. The molecular formula is C17H11IOS. The van der Waals surface area contributed by atoms with Crippen molar-refractivity contribution in [1.82, 2.24) is 0 Å². The molecule has 0 spiro atoms. The lowest BCUT2D eigenvalue weighted by Crippen LogP contribution is -2.01. The summed E-state index contributed by atoms with van der Waals surface area (Å²) in [6.07, 6.45) is 2.20. The first-order chi connectivity index (χ1) is 9.74. The average Bonchev–Trinajstić information content (AvgIpc) is 3.07. The van der Waals surface area contributed by atoms with Gasteiger partial charge in [-0.15, -0.1) is 11.3 Å². The lowest BCUT2D eigenvalue weighted by atomic mass is 9.96. The molecule has 1 aromatic heterocycles. The fourth-order valence-corrected chi connectivity index (χ4v) is 4.36. The van der Waals surface area contributed by atoms with E-state index in [4.69, 9.17) is 0 Å². The Kier molecular flexibility index (Phi) is 2.93. The molecule has 0 saturated carbocycles. The molecule has 0 saturated heterocycles. The number of thiophene rings is 1. The highest BCUT2D eigenvalue weighted by molar-refractivity contribution is 14.1. The van der Waals surface area contributed by atoms with Crippen molar-refractivity contribution in [3.8, 4) is 0 Å². The Hall–Kier alpha value is -1.20. The van der Waals surface area contributed by atoms with Crippen molar-refractivity contribution in [2.75, 3.05) is 0 Å². The summed E-state index contributed by atoms with van der Waals surface area (Å²) in [6.45, 7) is 0. The van der Waals surface area contributed by atoms with Gasteiger partial charge in [-0.25, -0.2) is 0 Å². The molecule has 0 amide bonds. The molecule has 1 nitrogen and oxygen atoms in total. The van der Waals surface area contributed by atoms with E-state index < -0.39 is 0 Å². The van der Waals surface area contributed by atoms with Gasteiger partial charge < -0.3 is 0 Å². The summed E-state index contributed by atoms with van der Waals surface area (Å²) in [5, 5.41) is 4.37. The summed E-state index contributed by atoms with van der Waals surface area (Å²) in [7, 11) is 0. The molecule has 0 atom stereocenters. The smallest absolute Gasteiger partial charge is 0.194 e. The highest BCUT2D eigenvalue weighted by atomic mass is 127. The van der Waals surface area contributed by atoms with Crippen LogP contribution >= 0.6 is 33.9 Å². The number of carbonyl (C=O) groups is 1. The van der Waals surface area contributed by atoms with Crippen LogP contribution in [0.3, 0.4) is 0 Å².